The van der Waals surface area contributed by atoms with Gasteiger partial charge >= 0.3 is 11.9 Å². The van der Waals surface area contributed by atoms with Crippen molar-refractivity contribution < 1.29 is 57.0 Å². The Labute approximate surface area is 220 Å². The summed E-state index contributed by atoms with van der Waals surface area (Å²) in [7, 11) is 0. The van der Waals surface area contributed by atoms with Gasteiger partial charge in [-0.05, 0) is 6.92 Å². The third kappa shape index (κ3) is 28.5. The molecule has 0 heterocycles. The molecule has 0 aliphatic heterocycles. The number of rotatable bonds is 29. The summed E-state index contributed by atoms with van der Waals surface area (Å²) in [6, 6.07) is 0. The molecule has 0 aromatic rings. The molecule has 0 amide bonds. The quantitative estimate of drug-likeness (QED) is 0.0768. The lowest BCUT2D eigenvalue weighted by Crippen LogP contribution is -2.15. The van der Waals surface area contributed by atoms with E-state index in [1.54, 1.807) is 6.92 Å². The Morgan fingerprint density at radius 2 is 0.730 bits per heavy atom. The zero-order valence-electron chi connectivity index (χ0n) is 22.1. The molecule has 0 bridgehead atoms. The molecule has 0 spiro atoms. The van der Waals surface area contributed by atoms with Gasteiger partial charge < -0.3 is 47.4 Å². The second kappa shape index (κ2) is 28.7. The van der Waals surface area contributed by atoms with Gasteiger partial charge in [0, 0.05) is 11.6 Å². The number of hydrogen-bond acceptors (Lipinski definition) is 12. The average Bonchev–Trinajstić information content (AvgIpc) is 2.89. The van der Waals surface area contributed by atoms with Crippen LogP contribution >= 0.6 is 0 Å². The zero-order chi connectivity index (χ0) is 27.2. The molecule has 0 aliphatic rings. The fourth-order valence-electron chi connectivity index (χ4n) is 2.22. The Hall–Kier alpha value is -1.90. The highest BCUT2D eigenvalue weighted by atomic mass is 16.6. The standard InChI is InChI=1S/C25H44O12/c1-4-24(26)36-21-19-34-17-15-32-13-11-30-9-7-28-5-6-29-8-10-31-12-14-33-16-18-35-20-22-37-25(27)23(2)3/h4H,1-2,5-22H2,3H3. The van der Waals surface area contributed by atoms with Crippen molar-refractivity contribution >= 4 is 11.9 Å². The molecule has 0 aromatic heterocycles. The van der Waals surface area contributed by atoms with Crippen LogP contribution in [0.5, 0.6) is 0 Å². The summed E-state index contributed by atoms with van der Waals surface area (Å²) in [5.74, 6) is -0.879. The van der Waals surface area contributed by atoms with Crippen LogP contribution < -0.4 is 0 Å². The lowest BCUT2D eigenvalue weighted by Gasteiger charge is -2.09. The van der Waals surface area contributed by atoms with E-state index in [0.717, 1.165) is 6.08 Å². The molecule has 216 valence electrons. The van der Waals surface area contributed by atoms with Crippen molar-refractivity contribution in [1.82, 2.24) is 0 Å². The molecular weight excluding hydrogens is 492 g/mol. The Morgan fingerprint density at radius 3 is 0.973 bits per heavy atom. The summed E-state index contributed by atoms with van der Waals surface area (Å²) in [5, 5.41) is 0. The van der Waals surface area contributed by atoms with Gasteiger partial charge in [-0.2, -0.15) is 0 Å². The van der Waals surface area contributed by atoms with Crippen LogP contribution in [-0.4, -0.2) is 131 Å². The first-order valence-electron chi connectivity index (χ1n) is 12.3. The molecule has 0 N–H and O–H groups in total. The summed E-state index contributed by atoms with van der Waals surface area (Å²) in [5.41, 5.74) is 0.367. The maximum atomic E-state index is 11.1. The summed E-state index contributed by atoms with van der Waals surface area (Å²) in [6.45, 7) is 15.9. The predicted molar refractivity (Wildman–Crippen MR) is 133 cm³/mol. The summed E-state index contributed by atoms with van der Waals surface area (Å²) in [6.07, 6.45) is 1.11. The van der Waals surface area contributed by atoms with E-state index in [2.05, 4.69) is 13.2 Å². The van der Waals surface area contributed by atoms with Crippen LogP contribution in [0.2, 0.25) is 0 Å². The average molecular weight is 537 g/mol. The number of carbonyl (C=O) groups is 2. The molecule has 0 aliphatic carbocycles. The highest BCUT2D eigenvalue weighted by Crippen LogP contribution is 1.92. The first kappa shape index (κ1) is 35.1. The molecule has 0 saturated carbocycles. The van der Waals surface area contributed by atoms with Gasteiger partial charge in [-0.15, -0.1) is 0 Å². The van der Waals surface area contributed by atoms with Gasteiger partial charge in [0.05, 0.1) is 106 Å². The van der Waals surface area contributed by atoms with Gasteiger partial charge in [-0.25, -0.2) is 9.59 Å². The Balaban J connectivity index is 3.08. The second-order valence-corrected chi connectivity index (χ2v) is 7.19. The summed E-state index contributed by atoms with van der Waals surface area (Å²) < 4.78 is 52.6. The van der Waals surface area contributed by atoms with Gasteiger partial charge in [0.2, 0.25) is 0 Å². The van der Waals surface area contributed by atoms with Crippen LogP contribution in [0.15, 0.2) is 24.8 Å². The molecule has 0 rings (SSSR count). The van der Waals surface area contributed by atoms with Gasteiger partial charge in [-0.3, -0.25) is 0 Å². The number of carbonyl (C=O) groups excluding carboxylic acids is 2. The topological polar surface area (TPSA) is 126 Å². The highest BCUT2D eigenvalue weighted by Gasteiger charge is 2.02. The van der Waals surface area contributed by atoms with E-state index in [1.165, 1.54) is 0 Å². The Bertz CT molecular complexity index is 570. The molecule has 0 saturated heterocycles. The number of ether oxygens (including phenoxy) is 10. The maximum absolute atomic E-state index is 11.1. The van der Waals surface area contributed by atoms with Crippen LogP contribution in [0.25, 0.3) is 0 Å². The van der Waals surface area contributed by atoms with E-state index in [4.69, 9.17) is 47.4 Å². The van der Waals surface area contributed by atoms with Gasteiger partial charge in [0.25, 0.3) is 0 Å². The van der Waals surface area contributed by atoms with Crippen LogP contribution in [0.3, 0.4) is 0 Å². The predicted octanol–water partition coefficient (Wildman–Crippen LogP) is 0.968. The van der Waals surface area contributed by atoms with Crippen molar-refractivity contribution in [1.29, 1.82) is 0 Å². The first-order chi connectivity index (χ1) is 18.1. The zero-order valence-corrected chi connectivity index (χ0v) is 22.1. The van der Waals surface area contributed by atoms with Gasteiger partial charge in [-0.1, -0.05) is 13.2 Å². The summed E-state index contributed by atoms with van der Waals surface area (Å²) in [4.78, 5) is 22.0. The monoisotopic (exact) mass is 536 g/mol. The lowest BCUT2D eigenvalue weighted by molar-refractivity contribution is -0.141. The van der Waals surface area contributed by atoms with Crippen molar-refractivity contribution in [3.63, 3.8) is 0 Å². The van der Waals surface area contributed by atoms with Crippen LogP contribution in [0.1, 0.15) is 6.92 Å². The summed E-state index contributed by atoms with van der Waals surface area (Å²) >= 11 is 0. The van der Waals surface area contributed by atoms with Crippen LogP contribution in [-0.2, 0) is 57.0 Å². The Morgan fingerprint density at radius 1 is 0.486 bits per heavy atom. The molecule has 37 heavy (non-hydrogen) atoms. The van der Waals surface area contributed by atoms with E-state index >= 15 is 0 Å². The largest absolute Gasteiger partial charge is 0.460 e. The molecule has 0 radical (unpaired) electrons. The fourth-order valence-corrected chi connectivity index (χ4v) is 2.22. The minimum Gasteiger partial charge on any atom is -0.460 e. The normalized spacial score (nSPS) is 10.8. The van der Waals surface area contributed by atoms with Gasteiger partial charge in [0.15, 0.2) is 0 Å². The third-order valence-corrected chi connectivity index (χ3v) is 4.05. The molecule has 12 heteroatoms. The lowest BCUT2D eigenvalue weighted by atomic mass is 10.4. The fraction of sp³-hybridized carbons (Fsp3) is 0.760. The van der Waals surface area contributed by atoms with Crippen molar-refractivity contribution in [2.24, 2.45) is 0 Å². The van der Waals surface area contributed by atoms with Crippen molar-refractivity contribution in [2.45, 2.75) is 6.92 Å². The first-order valence-corrected chi connectivity index (χ1v) is 12.3. The molecule has 12 nitrogen and oxygen atoms in total. The van der Waals surface area contributed by atoms with Gasteiger partial charge in [0.1, 0.15) is 13.2 Å². The molecular formula is C25H44O12. The maximum Gasteiger partial charge on any atom is 0.333 e. The molecule has 0 fully saturated rings. The Kier molecular flexibility index (Phi) is 27.2. The van der Waals surface area contributed by atoms with Crippen molar-refractivity contribution in [3.05, 3.63) is 24.8 Å². The molecule has 0 unspecified atom stereocenters. The van der Waals surface area contributed by atoms with Crippen molar-refractivity contribution in [2.75, 3.05) is 119 Å². The smallest absolute Gasteiger partial charge is 0.333 e. The highest BCUT2D eigenvalue weighted by molar-refractivity contribution is 5.86. The molecule has 0 atom stereocenters. The van der Waals surface area contributed by atoms with Crippen molar-refractivity contribution in [3.8, 4) is 0 Å². The van der Waals surface area contributed by atoms with E-state index in [1.807, 2.05) is 0 Å². The third-order valence-electron chi connectivity index (χ3n) is 4.05. The van der Waals surface area contributed by atoms with E-state index in [-0.39, 0.29) is 13.2 Å². The number of esters is 2. The minimum atomic E-state index is -0.463. The van der Waals surface area contributed by atoms with E-state index in [0.29, 0.717) is 111 Å². The van der Waals surface area contributed by atoms with Crippen LogP contribution in [0, 0.1) is 0 Å². The SMILES string of the molecule is C=CC(=O)OCCOCCOCCOCCOCCOCCOCCOCCOCCOC(=O)C(=C)C. The second-order valence-electron chi connectivity index (χ2n) is 7.19. The number of hydrogen-bond donors (Lipinski definition) is 0. The van der Waals surface area contributed by atoms with Crippen LogP contribution in [0.4, 0.5) is 0 Å². The minimum absolute atomic E-state index is 0.195. The van der Waals surface area contributed by atoms with E-state index in [9.17, 15) is 9.59 Å². The van der Waals surface area contributed by atoms with E-state index < -0.39 is 11.9 Å². The molecule has 0 aromatic carbocycles.